The fourth-order valence-electron chi connectivity index (χ4n) is 3.19. The number of nitrogens with one attached hydrogen (secondary N) is 1. The van der Waals surface area contributed by atoms with Crippen LogP contribution in [0.15, 0.2) is 48.8 Å². The average Bonchev–Trinajstić information content (AvgIpc) is 2.77. The van der Waals surface area contributed by atoms with Crippen molar-refractivity contribution < 1.29 is 19.1 Å². The van der Waals surface area contributed by atoms with Crippen molar-refractivity contribution in [1.82, 2.24) is 15.2 Å². The fourth-order valence-corrected chi connectivity index (χ4v) is 3.19. The molecule has 2 amide bonds. The molecule has 0 saturated carbocycles. The Morgan fingerprint density at radius 2 is 1.89 bits per heavy atom. The first kappa shape index (κ1) is 19.7. The minimum absolute atomic E-state index is 0.0111. The van der Waals surface area contributed by atoms with E-state index in [0.717, 1.165) is 12.8 Å². The summed E-state index contributed by atoms with van der Waals surface area (Å²) >= 11 is 0. The van der Waals surface area contributed by atoms with Crippen molar-refractivity contribution in [1.29, 1.82) is 0 Å². The Kier molecular flexibility index (Phi) is 6.84. The number of piperidine rings is 1. The van der Waals surface area contributed by atoms with Crippen molar-refractivity contribution in [2.75, 3.05) is 33.4 Å². The predicted octanol–water partition coefficient (Wildman–Crippen LogP) is 2.14. The fraction of sp³-hybridized carbons (Fsp3) is 0.381. The van der Waals surface area contributed by atoms with Crippen LogP contribution in [0.2, 0.25) is 0 Å². The number of benzene rings is 1. The van der Waals surface area contributed by atoms with Gasteiger partial charge >= 0.3 is 0 Å². The molecule has 1 saturated heterocycles. The molecule has 0 aliphatic carbocycles. The lowest BCUT2D eigenvalue weighted by Crippen LogP contribution is -2.43. The third-order valence-corrected chi connectivity index (χ3v) is 4.86. The molecule has 1 aromatic carbocycles. The van der Waals surface area contributed by atoms with Crippen molar-refractivity contribution in [2.24, 2.45) is 5.92 Å². The summed E-state index contributed by atoms with van der Waals surface area (Å²) in [5.74, 6) is 1.38. The highest BCUT2D eigenvalue weighted by Crippen LogP contribution is 2.26. The number of hydrogen-bond donors (Lipinski definition) is 1. The Bertz CT molecular complexity index is 789. The van der Waals surface area contributed by atoms with Gasteiger partial charge in [0.15, 0.2) is 18.1 Å². The summed E-state index contributed by atoms with van der Waals surface area (Å²) in [7, 11) is 1.57. The van der Waals surface area contributed by atoms with Gasteiger partial charge in [-0.1, -0.05) is 12.1 Å². The van der Waals surface area contributed by atoms with E-state index in [0.29, 0.717) is 42.6 Å². The number of carbonyl (C=O) groups is 2. The van der Waals surface area contributed by atoms with Crippen molar-refractivity contribution >= 4 is 11.8 Å². The highest BCUT2D eigenvalue weighted by Gasteiger charge is 2.23. The van der Waals surface area contributed by atoms with Gasteiger partial charge in [-0.2, -0.15) is 0 Å². The normalized spacial score (nSPS) is 14.4. The maximum absolute atomic E-state index is 12.4. The number of hydrogen-bond acceptors (Lipinski definition) is 5. The topological polar surface area (TPSA) is 80.8 Å². The van der Waals surface area contributed by atoms with E-state index in [2.05, 4.69) is 10.3 Å². The van der Waals surface area contributed by atoms with Crippen LogP contribution in [0.25, 0.3) is 0 Å². The third kappa shape index (κ3) is 5.22. The molecule has 0 radical (unpaired) electrons. The summed E-state index contributed by atoms with van der Waals surface area (Å²) in [5.41, 5.74) is 0.559. The van der Waals surface area contributed by atoms with Gasteiger partial charge in [-0.05, 0) is 43.0 Å². The second kappa shape index (κ2) is 9.73. The first-order chi connectivity index (χ1) is 13.7. The van der Waals surface area contributed by atoms with Gasteiger partial charge in [-0.15, -0.1) is 0 Å². The van der Waals surface area contributed by atoms with E-state index in [1.54, 1.807) is 43.8 Å². The van der Waals surface area contributed by atoms with Gasteiger partial charge in [-0.3, -0.25) is 14.6 Å². The zero-order valence-electron chi connectivity index (χ0n) is 16.0. The molecular weight excluding hydrogens is 358 g/mol. The molecule has 7 nitrogen and oxygen atoms in total. The minimum atomic E-state index is -0.114. The molecule has 1 fully saturated rings. The second-order valence-electron chi connectivity index (χ2n) is 6.72. The molecule has 1 N–H and O–H groups in total. The molecule has 0 spiro atoms. The van der Waals surface area contributed by atoms with Crippen LogP contribution in [0, 0.1) is 5.92 Å². The number of methoxy groups -OCH3 is 1. The van der Waals surface area contributed by atoms with Crippen LogP contribution in [-0.2, 0) is 4.79 Å². The van der Waals surface area contributed by atoms with Gasteiger partial charge in [0, 0.05) is 32.0 Å². The van der Waals surface area contributed by atoms with Crippen LogP contribution in [-0.4, -0.2) is 55.0 Å². The van der Waals surface area contributed by atoms with E-state index >= 15 is 0 Å². The van der Waals surface area contributed by atoms with E-state index < -0.39 is 0 Å². The van der Waals surface area contributed by atoms with Gasteiger partial charge in [0.2, 0.25) is 0 Å². The zero-order valence-corrected chi connectivity index (χ0v) is 16.0. The second-order valence-corrected chi connectivity index (χ2v) is 6.72. The summed E-state index contributed by atoms with van der Waals surface area (Å²) in [6, 6.07) is 10.8. The molecule has 7 heteroatoms. The number of carbonyl (C=O) groups excluding carboxylic acids is 2. The lowest BCUT2D eigenvalue weighted by Gasteiger charge is -2.32. The summed E-state index contributed by atoms with van der Waals surface area (Å²) in [5, 5.41) is 2.95. The first-order valence-corrected chi connectivity index (χ1v) is 9.39. The van der Waals surface area contributed by atoms with Gasteiger partial charge in [0.1, 0.15) is 0 Å². The third-order valence-electron chi connectivity index (χ3n) is 4.86. The van der Waals surface area contributed by atoms with Gasteiger partial charge in [0.25, 0.3) is 11.8 Å². The SMILES string of the molecule is COc1ccccc1OCC(=O)N1CCC(CNC(=O)c2cccnc2)CC1. The molecule has 28 heavy (non-hydrogen) atoms. The van der Waals surface area contributed by atoms with Crippen molar-refractivity contribution in [3.8, 4) is 11.5 Å². The number of ether oxygens (including phenoxy) is 2. The average molecular weight is 383 g/mol. The zero-order chi connectivity index (χ0) is 19.8. The Hall–Kier alpha value is -3.09. The number of aromatic nitrogens is 1. The minimum Gasteiger partial charge on any atom is -0.493 e. The van der Waals surface area contributed by atoms with E-state index in [1.807, 2.05) is 17.0 Å². The highest BCUT2D eigenvalue weighted by molar-refractivity contribution is 5.93. The van der Waals surface area contributed by atoms with Gasteiger partial charge < -0.3 is 19.7 Å². The Balaban J connectivity index is 1.40. The molecule has 0 atom stereocenters. The van der Waals surface area contributed by atoms with E-state index in [-0.39, 0.29) is 18.4 Å². The quantitative estimate of drug-likeness (QED) is 0.792. The summed E-state index contributed by atoms with van der Waals surface area (Å²) < 4.78 is 10.8. The first-order valence-electron chi connectivity index (χ1n) is 9.39. The largest absolute Gasteiger partial charge is 0.493 e. The summed E-state index contributed by atoms with van der Waals surface area (Å²) in [6.07, 6.45) is 4.90. The van der Waals surface area contributed by atoms with Crippen LogP contribution in [0.4, 0.5) is 0 Å². The standard InChI is InChI=1S/C21H25N3O4/c1-27-18-6-2-3-7-19(18)28-15-20(25)24-11-8-16(9-12-24)13-23-21(26)17-5-4-10-22-14-17/h2-7,10,14,16H,8-9,11-13,15H2,1H3,(H,23,26). The maximum atomic E-state index is 12.4. The number of likely N-dealkylation sites (tertiary alicyclic amines) is 1. The molecule has 0 bridgehead atoms. The van der Waals surface area contributed by atoms with Crippen molar-refractivity contribution in [3.63, 3.8) is 0 Å². The molecule has 2 heterocycles. The monoisotopic (exact) mass is 383 g/mol. The molecule has 1 aliphatic rings. The number of nitrogens with zero attached hydrogens (tertiary/aromatic N) is 2. The van der Waals surface area contributed by atoms with Crippen molar-refractivity contribution in [2.45, 2.75) is 12.8 Å². The van der Waals surface area contributed by atoms with Crippen LogP contribution in [0.3, 0.4) is 0 Å². The lowest BCUT2D eigenvalue weighted by atomic mass is 9.96. The van der Waals surface area contributed by atoms with Crippen LogP contribution >= 0.6 is 0 Å². The molecule has 1 aromatic heterocycles. The number of rotatable bonds is 7. The number of para-hydroxylation sites is 2. The Labute approximate surface area is 164 Å². The molecule has 3 rings (SSSR count). The highest BCUT2D eigenvalue weighted by atomic mass is 16.5. The van der Waals surface area contributed by atoms with Crippen LogP contribution < -0.4 is 14.8 Å². The molecular formula is C21H25N3O4. The van der Waals surface area contributed by atoms with Gasteiger partial charge in [0.05, 0.1) is 12.7 Å². The number of amides is 2. The van der Waals surface area contributed by atoms with E-state index in [4.69, 9.17) is 9.47 Å². The van der Waals surface area contributed by atoms with Gasteiger partial charge in [-0.25, -0.2) is 0 Å². The van der Waals surface area contributed by atoms with Crippen LogP contribution in [0.1, 0.15) is 23.2 Å². The Morgan fingerprint density at radius 1 is 1.14 bits per heavy atom. The summed E-state index contributed by atoms with van der Waals surface area (Å²) in [6.45, 7) is 1.93. The predicted molar refractivity (Wildman–Crippen MR) is 104 cm³/mol. The maximum Gasteiger partial charge on any atom is 0.260 e. The molecule has 148 valence electrons. The molecule has 2 aromatic rings. The summed E-state index contributed by atoms with van der Waals surface area (Å²) in [4.78, 5) is 30.3. The van der Waals surface area contributed by atoms with E-state index in [1.165, 1.54) is 0 Å². The van der Waals surface area contributed by atoms with Crippen molar-refractivity contribution in [3.05, 3.63) is 54.4 Å². The van der Waals surface area contributed by atoms with Crippen LogP contribution in [0.5, 0.6) is 11.5 Å². The smallest absolute Gasteiger partial charge is 0.260 e. The van der Waals surface area contributed by atoms with E-state index in [9.17, 15) is 9.59 Å². The number of pyridine rings is 1. The Morgan fingerprint density at radius 3 is 2.57 bits per heavy atom. The molecule has 1 aliphatic heterocycles. The lowest BCUT2D eigenvalue weighted by molar-refractivity contribution is -0.134. The molecule has 0 unspecified atom stereocenters.